The first-order chi connectivity index (χ1) is 12.5. The SMILES string of the molecule is CN(C)C(=O)[C@@H]1CN(C[C@@H]2CCOC2)C[C@]12Cc1ccccc1C(=O)N2. The second kappa shape index (κ2) is 6.67. The summed E-state index contributed by atoms with van der Waals surface area (Å²) in [5.74, 6) is 0.327. The molecule has 1 spiro atoms. The Labute approximate surface area is 154 Å². The molecule has 0 unspecified atom stereocenters. The van der Waals surface area contributed by atoms with Crippen molar-refractivity contribution in [2.45, 2.75) is 18.4 Å². The molecule has 3 aliphatic rings. The fourth-order valence-electron chi connectivity index (χ4n) is 4.74. The van der Waals surface area contributed by atoms with Crippen LogP contribution in [0.3, 0.4) is 0 Å². The van der Waals surface area contributed by atoms with Crippen LogP contribution < -0.4 is 5.32 Å². The van der Waals surface area contributed by atoms with Gasteiger partial charge in [0.05, 0.1) is 18.1 Å². The molecule has 0 saturated carbocycles. The summed E-state index contributed by atoms with van der Waals surface area (Å²) in [5.41, 5.74) is 1.25. The Morgan fingerprint density at radius 2 is 2.19 bits per heavy atom. The van der Waals surface area contributed by atoms with Crippen molar-refractivity contribution in [1.29, 1.82) is 0 Å². The van der Waals surface area contributed by atoms with Crippen molar-refractivity contribution in [3.8, 4) is 0 Å². The summed E-state index contributed by atoms with van der Waals surface area (Å²) in [6, 6.07) is 7.74. The van der Waals surface area contributed by atoms with Crippen LogP contribution in [-0.4, -0.2) is 74.1 Å². The largest absolute Gasteiger partial charge is 0.381 e. The maximum atomic E-state index is 12.9. The molecule has 26 heavy (non-hydrogen) atoms. The molecule has 1 N–H and O–H groups in total. The molecule has 2 saturated heterocycles. The van der Waals surface area contributed by atoms with Crippen LogP contribution in [-0.2, 0) is 16.0 Å². The van der Waals surface area contributed by atoms with Gasteiger partial charge in [-0.25, -0.2) is 0 Å². The first kappa shape index (κ1) is 17.5. The van der Waals surface area contributed by atoms with Crippen LogP contribution in [0, 0.1) is 11.8 Å². The maximum absolute atomic E-state index is 12.9. The lowest BCUT2D eigenvalue weighted by molar-refractivity contribution is -0.134. The number of rotatable bonds is 3. The highest BCUT2D eigenvalue weighted by atomic mass is 16.5. The summed E-state index contributed by atoms with van der Waals surface area (Å²) in [4.78, 5) is 29.7. The molecule has 3 atom stereocenters. The van der Waals surface area contributed by atoms with Gasteiger partial charge in [-0.2, -0.15) is 0 Å². The molecule has 3 aliphatic heterocycles. The van der Waals surface area contributed by atoms with Crippen LogP contribution in [0.1, 0.15) is 22.3 Å². The maximum Gasteiger partial charge on any atom is 0.252 e. The Hall–Kier alpha value is -1.92. The van der Waals surface area contributed by atoms with E-state index in [0.29, 0.717) is 25.4 Å². The summed E-state index contributed by atoms with van der Waals surface area (Å²) in [6.07, 6.45) is 1.78. The van der Waals surface area contributed by atoms with Crippen LogP contribution >= 0.6 is 0 Å². The molecule has 3 heterocycles. The predicted octanol–water partition coefficient (Wildman–Crippen LogP) is 0.768. The summed E-state index contributed by atoms with van der Waals surface area (Å²) < 4.78 is 5.51. The van der Waals surface area contributed by atoms with Crippen molar-refractivity contribution >= 4 is 11.8 Å². The van der Waals surface area contributed by atoms with E-state index in [9.17, 15) is 9.59 Å². The van der Waals surface area contributed by atoms with Crippen LogP contribution in [0.2, 0.25) is 0 Å². The van der Waals surface area contributed by atoms with Crippen LogP contribution in [0.5, 0.6) is 0 Å². The lowest BCUT2D eigenvalue weighted by atomic mass is 9.77. The molecule has 1 aromatic carbocycles. The monoisotopic (exact) mass is 357 g/mol. The van der Waals surface area contributed by atoms with E-state index in [4.69, 9.17) is 4.74 Å². The van der Waals surface area contributed by atoms with Gasteiger partial charge in [-0.15, -0.1) is 0 Å². The standard InChI is InChI=1S/C20H27N3O3/c1-22(2)19(25)17-11-23(10-14-7-8-26-12-14)13-20(17)9-15-5-3-4-6-16(15)18(24)21-20/h3-6,14,17H,7-13H2,1-2H3,(H,21,24)/t14-,17-,20+/m0/s1. The van der Waals surface area contributed by atoms with Crippen molar-refractivity contribution in [3.05, 3.63) is 35.4 Å². The number of benzene rings is 1. The highest BCUT2D eigenvalue weighted by Crippen LogP contribution is 2.37. The minimum Gasteiger partial charge on any atom is -0.381 e. The lowest BCUT2D eigenvalue weighted by Crippen LogP contribution is -2.61. The van der Waals surface area contributed by atoms with Gasteiger partial charge in [0.15, 0.2) is 0 Å². The van der Waals surface area contributed by atoms with Gasteiger partial charge >= 0.3 is 0 Å². The number of amides is 2. The second-order valence-corrected chi connectivity index (χ2v) is 8.15. The molecule has 0 aliphatic carbocycles. The number of nitrogens with one attached hydrogen (secondary N) is 1. The average Bonchev–Trinajstić information content (AvgIpc) is 3.22. The van der Waals surface area contributed by atoms with Gasteiger partial charge < -0.3 is 15.0 Å². The van der Waals surface area contributed by atoms with Gasteiger partial charge in [0.25, 0.3) is 5.91 Å². The van der Waals surface area contributed by atoms with Gasteiger partial charge in [-0.05, 0) is 30.4 Å². The molecular formula is C20H27N3O3. The van der Waals surface area contributed by atoms with E-state index in [-0.39, 0.29) is 17.7 Å². The molecule has 0 bridgehead atoms. The zero-order valence-corrected chi connectivity index (χ0v) is 15.5. The van der Waals surface area contributed by atoms with E-state index in [1.54, 1.807) is 19.0 Å². The fraction of sp³-hybridized carbons (Fsp3) is 0.600. The number of ether oxygens (including phenoxy) is 1. The van der Waals surface area contributed by atoms with Crippen molar-refractivity contribution in [2.75, 3.05) is 46.9 Å². The van der Waals surface area contributed by atoms with Gasteiger partial charge in [0.1, 0.15) is 0 Å². The van der Waals surface area contributed by atoms with Crippen LogP contribution in [0.25, 0.3) is 0 Å². The topological polar surface area (TPSA) is 61.9 Å². The van der Waals surface area contributed by atoms with E-state index in [0.717, 1.165) is 37.3 Å². The predicted molar refractivity (Wildman–Crippen MR) is 97.9 cm³/mol. The summed E-state index contributed by atoms with van der Waals surface area (Å²) >= 11 is 0. The number of fused-ring (bicyclic) bond motifs is 1. The Morgan fingerprint density at radius 1 is 1.38 bits per heavy atom. The Kier molecular flexibility index (Phi) is 4.49. The van der Waals surface area contributed by atoms with E-state index < -0.39 is 5.54 Å². The van der Waals surface area contributed by atoms with E-state index in [2.05, 4.69) is 10.2 Å². The Balaban J connectivity index is 1.63. The Bertz CT molecular complexity index is 714. The minimum absolute atomic E-state index is 0.0607. The third kappa shape index (κ3) is 3.01. The molecule has 2 fully saturated rings. The number of hydrogen-bond acceptors (Lipinski definition) is 4. The number of carbonyl (C=O) groups excluding carboxylic acids is 2. The van der Waals surface area contributed by atoms with Crippen LogP contribution in [0.15, 0.2) is 24.3 Å². The van der Waals surface area contributed by atoms with Crippen molar-refractivity contribution in [1.82, 2.24) is 15.1 Å². The van der Waals surface area contributed by atoms with Crippen molar-refractivity contribution in [3.63, 3.8) is 0 Å². The lowest BCUT2D eigenvalue weighted by Gasteiger charge is -2.40. The summed E-state index contributed by atoms with van der Waals surface area (Å²) in [6.45, 7) is 3.96. The van der Waals surface area contributed by atoms with Crippen molar-refractivity contribution < 1.29 is 14.3 Å². The zero-order valence-electron chi connectivity index (χ0n) is 15.5. The number of likely N-dealkylation sites (tertiary alicyclic amines) is 1. The second-order valence-electron chi connectivity index (χ2n) is 8.15. The number of hydrogen-bond donors (Lipinski definition) is 1. The summed E-state index contributed by atoms with van der Waals surface area (Å²) in [5, 5.41) is 3.23. The molecule has 6 heteroatoms. The third-order valence-electron chi connectivity index (χ3n) is 6.02. The van der Waals surface area contributed by atoms with Gasteiger partial charge in [-0.1, -0.05) is 18.2 Å². The molecule has 1 aromatic rings. The summed E-state index contributed by atoms with van der Waals surface area (Å²) in [7, 11) is 3.59. The number of carbonyl (C=O) groups is 2. The first-order valence-electron chi connectivity index (χ1n) is 9.40. The number of nitrogens with zero attached hydrogens (tertiary/aromatic N) is 2. The molecule has 0 aromatic heterocycles. The van der Waals surface area contributed by atoms with E-state index >= 15 is 0 Å². The van der Waals surface area contributed by atoms with Gasteiger partial charge in [0.2, 0.25) is 5.91 Å². The molecule has 140 valence electrons. The quantitative estimate of drug-likeness (QED) is 0.868. The third-order valence-corrected chi connectivity index (χ3v) is 6.02. The molecule has 4 rings (SSSR count). The van der Waals surface area contributed by atoms with Gasteiger partial charge in [0, 0.05) is 45.9 Å². The van der Waals surface area contributed by atoms with E-state index in [1.807, 2.05) is 24.3 Å². The normalized spacial score (nSPS) is 31.1. The fourth-order valence-corrected chi connectivity index (χ4v) is 4.74. The highest BCUT2D eigenvalue weighted by Gasteiger charge is 2.53. The minimum atomic E-state index is -0.522. The molecule has 0 radical (unpaired) electrons. The molecule has 6 nitrogen and oxygen atoms in total. The van der Waals surface area contributed by atoms with Crippen molar-refractivity contribution in [2.24, 2.45) is 11.8 Å². The van der Waals surface area contributed by atoms with Gasteiger partial charge in [-0.3, -0.25) is 14.5 Å². The molecule has 2 amide bonds. The zero-order chi connectivity index (χ0) is 18.3. The van der Waals surface area contributed by atoms with Crippen LogP contribution in [0.4, 0.5) is 0 Å². The smallest absolute Gasteiger partial charge is 0.252 e. The molecular weight excluding hydrogens is 330 g/mol. The van der Waals surface area contributed by atoms with E-state index in [1.165, 1.54) is 0 Å². The first-order valence-corrected chi connectivity index (χ1v) is 9.40. The average molecular weight is 357 g/mol. The highest BCUT2D eigenvalue weighted by molar-refractivity contribution is 5.98. The Morgan fingerprint density at radius 3 is 2.92 bits per heavy atom.